The maximum absolute atomic E-state index is 13.8. The molecule has 1 amide bonds. The molecule has 2 aliphatic rings. The molecule has 1 saturated heterocycles. The third kappa shape index (κ3) is 4.39. The van der Waals surface area contributed by atoms with Gasteiger partial charge in [0.05, 0.1) is 18.7 Å². The van der Waals surface area contributed by atoms with E-state index in [9.17, 15) is 9.18 Å². The van der Waals surface area contributed by atoms with Gasteiger partial charge in [-0.25, -0.2) is 9.37 Å². The zero-order valence-corrected chi connectivity index (χ0v) is 17.8. The van der Waals surface area contributed by atoms with Gasteiger partial charge >= 0.3 is 0 Å². The van der Waals surface area contributed by atoms with Crippen LogP contribution in [0.5, 0.6) is 0 Å². The Balaban J connectivity index is 1.44. The standard InChI is InChI=1S/C24H25FN6O/c25-17-6-5-8-19(14-17)27-23-20-16-31(22(32)15-18-7-1-2-10-26-18)13-9-21(20)28-24(29-23)30-11-3-4-12-30/h1-2,5-8,10,14H,3-4,9,11-13,15-16H2,(H,27,28,29). The minimum Gasteiger partial charge on any atom is -0.341 e. The highest BCUT2D eigenvalue weighted by atomic mass is 19.1. The van der Waals surface area contributed by atoms with Gasteiger partial charge in [-0.1, -0.05) is 12.1 Å². The van der Waals surface area contributed by atoms with E-state index in [1.54, 1.807) is 18.3 Å². The number of hydrogen-bond donors (Lipinski definition) is 1. The summed E-state index contributed by atoms with van der Waals surface area (Å²) in [6, 6.07) is 11.9. The number of hydrogen-bond acceptors (Lipinski definition) is 6. The lowest BCUT2D eigenvalue weighted by molar-refractivity contribution is -0.131. The van der Waals surface area contributed by atoms with E-state index >= 15 is 0 Å². The second-order valence-electron chi connectivity index (χ2n) is 8.19. The molecule has 3 aromatic rings. The van der Waals surface area contributed by atoms with Gasteiger partial charge in [0.25, 0.3) is 0 Å². The molecule has 1 N–H and O–H groups in total. The highest BCUT2D eigenvalue weighted by Gasteiger charge is 2.27. The van der Waals surface area contributed by atoms with Gasteiger partial charge in [-0.3, -0.25) is 9.78 Å². The number of pyridine rings is 1. The van der Waals surface area contributed by atoms with Gasteiger partial charge in [0, 0.05) is 49.2 Å². The van der Waals surface area contributed by atoms with Crippen LogP contribution >= 0.6 is 0 Å². The largest absolute Gasteiger partial charge is 0.341 e. The van der Waals surface area contributed by atoms with Crippen LogP contribution in [-0.4, -0.2) is 45.4 Å². The molecule has 2 aliphatic heterocycles. The number of aromatic nitrogens is 3. The van der Waals surface area contributed by atoms with E-state index in [4.69, 9.17) is 9.97 Å². The molecule has 0 saturated carbocycles. The lowest BCUT2D eigenvalue weighted by Crippen LogP contribution is -2.38. The van der Waals surface area contributed by atoms with Crippen molar-refractivity contribution in [2.24, 2.45) is 0 Å². The normalized spacial score (nSPS) is 15.5. The van der Waals surface area contributed by atoms with Gasteiger partial charge in [-0.15, -0.1) is 0 Å². The summed E-state index contributed by atoms with van der Waals surface area (Å²) >= 11 is 0. The van der Waals surface area contributed by atoms with Crippen LogP contribution in [0.2, 0.25) is 0 Å². The average Bonchev–Trinajstić information content (AvgIpc) is 3.34. The second-order valence-corrected chi connectivity index (χ2v) is 8.19. The molecule has 0 radical (unpaired) electrons. The third-order valence-corrected chi connectivity index (χ3v) is 5.94. The highest BCUT2D eigenvalue weighted by Crippen LogP contribution is 2.30. The van der Waals surface area contributed by atoms with E-state index in [-0.39, 0.29) is 18.1 Å². The molecular weight excluding hydrogens is 407 g/mol. The SMILES string of the molecule is O=C(Cc1ccccn1)N1CCc2nc(N3CCCC3)nc(Nc3cccc(F)c3)c2C1. The fourth-order valence-electron chi connectivity index (χ4n) is 4.25. The summed E-state index contributed by atoms with van der Waals surface area (Å²) < 4.78 is 13.8. The fraction of sp³-hybridized carbons (Fsp3) is 0.333. The molecule has 5 rings (SSSR count). The minimum atomic E-state index is -0.315. The average molecular weight is 433 g/mol. The summed E-state index contributed by atoms with van der Waals surface area (Å²) in [4.78, 5) is 30.9. The summed E-state index contributed by atoms with van der Waals surface area (Å²) in [5.74, 6) is 1.05. The first-order valence-electron chi connectivity index (χ1n) is 11.0. The topological polar surface area (TPSA) is 74.2 Å². The predicted molar refractivity (Wildman–Crippen MR) is 120 cm³/mol. The van der Waals surface area contributed by atoms with E-state index < -0.39 is 0 Å². The number of amides is 1. The minimum absolute atomic E-state index is 0.0228. The van der Waals surface area contributed by atoms with E-state index in [1.165, 1.54) is 12.1 Å². The smallest absolute Gasteiger partial charge is 0.228 e. The third-order valence-electron chi connectivity index (χ3n) is 5.94. The van der Waals surface area contributed by atoms with Gasteiger partial charge in [-0.2, -0.15) is 4.98 Å². The quantitative estimate of drug-likeness (QED) is 0.665. The number of carbonyl (C=O) groups excluding carboxylic acids is 1. The molecule has 7 nitrogen and oxygen atoms in total. The Labute approximate surface area is 186 Å². The summed E-state index contributed by atoms with van der Waals surface area (Å²) in [6.45, 7) is 2.90. The number of carbonyl (C=O) groups is 1. The summed E-state index contributed by atoms with van der Waals surface area (Å²) in [6.07, 6.45) is 4.87. The van der Waals surface area contributed by atoms with Crippen LogP contribution in [0.3, 0.4) is 0 Å². The Morgan fingerprint density at radius 3 is 2.72 bits per heavy atom. The Kier molecular flexibility index (Phi) is 5.66. The Morgan fingerprint density at radius 2 is 1.94 bits per heavy atom. The van der Waals surface area contributed by atoms with E-state index in [1.807, 2.05) is 23.1 Å². The molecular formula is C24H25FN6O. The maximum Gasteiger partial charge on any atom is 0.228 e. The monoisotopic (exact) mass is 432 g/mol. The number of fused-ring (bicyclic) bond motifs is 1. The van der Waals surface area contributed by atoms with Crippen molar-refractivity contribution in [1.82, 2.24) is 19.9 Å². The second kappa shape index (κ2) is 8.90. The first-order valence-corrected chi connectivity index (χ1v) is 11.0. The Bertz CT molecular complexity index is 1120. The lowest BCUT2D eigenvalue weighted by Gasteiger charge is -2.30. The molecule has 32 heavy (non-hydrogen) atoms. The molecule has 1 fully saturated rings. The van der Waals surface area contributed by atoms with Crippen LogP contribution in [-0.2, 0) is 24.2 Å². The number of nitrogens with zero attached hydrogens (tertiary/aromatic N) is 5. The molecule has 0 bridgehead atoms. The zero-order valence-electron chi connectivity index (χ0n) is 17.8. The van der Waals surface area contributed by atoms with Crippen molar-refractivity contribution >= 4 is 23.4 Å². The van der Waals surface area contributed by atoms with E-state index in [0.29, 0.717) is 37.0 Å². The van der Waals surface area contributed by atoms with Crippen molar-refractivity contribution in [3.05, 3.63) is 71.4 Å². The molecule has 0 aliphatic carbocycles. The van der Waals surface area contributed by atoms with Crippen LogP contribution < -0.4 is 10.2 Å². The van der Waals surface area contributed by atoms with Crippen LogP contribution in [0.4, 0.5) is 21.8 Å². The van der Waals surface area contributed by atoms with Gasteiger partial charge < -0.3 is 15.1 Å². The van der Waals surface area contributed by atoms with Crippen LogP contribution in [0.25, 0.3) is 0 Å². The first kappa shape index (κ1) is 20.4. The van der Waals surface area contributed by atoms with Crippen LogP contribution in [0.15, 0.2) is 48.7 Å². The lowest BCUT2D eigenvalue weighted by atomic mass is 10.0. The van der Waals surface area contributed by atoms with Crippen LogP contribution in [0, 0.1) is 5.82 Å². The van der Waals surface area contributed by atoms with Crippen molar-refractivity contribution in [3.63, 3.8) is 0 Å². The molecule has 164 valence electrons. The molecule has 2 aromatic heterocycles. The molecule has 0 unspecified atom stereocenters. The number of nitrogens with one attached hydrogen (secondary N) is 1. The van der Waals surface area contributed by atoms with Gasteiger partial charge in [0.1, 0.15) is 11.6 Å². The predicted octanol–water partition coefficient (Wildman–Crippen LogP) is 3.48. The fourth-order valence-corrected chi connectivity index (χ4v) is 4.25. The molecule has 4 heterocycles. The summed E-state index contributed by atoms with van der Waals surface area (Å²) in [5.41, 5.74) is 3.21. The molecule has 0 atom stereocenters. The number of benzene rings is 1. The molecule has 8 heteroatoms. The van der Waals surface area contributed by atoms with Crippen LogP contribution in [0.1, 0.15) is 29.8 Å². The van der Waals surface area contributed by atoms with E-state index in [2.05, 4.69) is 15.2 Å². The number of rotatable bonds is 5. The van der Waals surface area contributed by atoms with Gasteiger partial charge in [0.15, 0.2) is 0 Å². The van der Waals surface area contributed by atoms with Crippen molar-refractivity contribution < 1.29 is 9.18 Å². The summed E-state index contributed by atoms with van der Waals surface area (Å²) in [7, 11) is 0. The van der Waals surface area contributed by atoms with Crippen molar-refractivity contribution in [1.29, 1.82) is 0 Å². The van der Waals surface area contributed by atoms with Gasteiger partial charge in [-0.05, 0) is 43.2 Å². The van der Waals surface area contributed by atoms with E-state index in [0.717, 1.165) is 42.9 Å². The molecule has 0 spiro atoms. The Morgan fingerprint density at radius 1 is 1.06 bits per heavy atom. The molecule has 1 aromatic carbocycles. The highest BCUT2D eigenvalue weighted by molar-refractivity contribution is 5.79. The van der Waals surface area contributed by atoms with Crippen molar-refractivity contribution in [3.8, 4) is 0 Å². The first-order chi connectivity index (χ1) is 15.7. The maximum atomic E-state index is 13.8. The van der Waals surface area contributed by atoms with Crippen molar-refractivity contribution in [2.75, 3.05) is 29.9 Å². The zero-order chi connectivity index (χ0) is 21.9. The number of anilines is 3. The Hall–Kier alpha value is -3.55. The van der Waals surface area contributed by atoms with Gasteiger partial charge in [0.2, 0.25) is 11.9 Å². The summed E-state index contributed by atoms with van der Waals surface area (Å²) in [5, 5.41) is 3.28. The van der Waals surface area contributed by atoms with Crippen molar-refractivity contribution in [2.45, 2.75) is 32.2 Å². The number of halogens is 1.